The Morgan fingerprint density at radius 2 is 2.12 bits per heavy atom. The zero-order valence-electron chi connectivity index (χ0n) is 12.0. The molecule has 1 rings (SSSR count). The minimum Gasteiger partial charge on any atom is -0.379 e. The Morgan fingerprint density at radius 3 is 2.65 bits per heavy atom. The van der Waals surface area contributed by atoms with Crippen LogP contribution < -0.4 is 5.73 Å². The van der Waals surface area contributed by atoms with Crippen molar-refractivity contribution in [3.05, 3.63) is 0 Å². The van der Waals surface area contributed by atoms with Crippen molar-refractivity contribution in [1.29, 1.82) is 0 Å². The van der Waals surface area contributed by atoms with Gasteiger partial charge in [0.2, 0.25) is 0 Å². The molecule has 1 heterocycles. The second kappa shape index (κ2) is 5.65. The molecule has 17 heavy (non-hydrogen) atoms. The Bertz CT molecular complexity index is 242. The maximum Gasteiger partial charge on any atom is 0.0831 e. The minimum atomic E-state index is -0.0977. The van der Waals surface area contributed by atoms with Gasteiger partial charge in [0, 0.05) is 33.3 Å². The van der Waals surface area contributed by atoms with Crippen LogP contribution in [0.15, 0.2) is 0 Å². The number of ether oxygens (including phenoxy) is 2. The van der Waals surface area contributed by atoms with Crippen LogP contribution >= 0.6 is 0 Å². The van der Waals surface area contributed by atoms with Gasteiger partial charge in [-0.2, -0.15) is 0 Å². The van der Waals surface area contributed by atoms with Gasteiger partial charge in [-0.05, 0) is 34.1 Å². The Morgan fingerprint density at radius 1 is 1.47 bits per heavy atom. The van der Waals surface area contributed by atoms with Crippen molar-refractivity contribution >= 4 is 0 Å². The molecule has 4 nitrogen and oxygen atoms in total. The summed E-state index contributed by atoms with van der Waals surface area (Å²) in [6.45, 7) is 12.0. The molecule has 1 atom stereocenters. The molecule has 1 aliphatic heterocycles. The lowest BCUT2D eigenvalue weighted by Gasteiger charge is -2.43. The van der Waals surface area contributed by atoms with Crippen LogP contribution in [-0.2, 0) is 9.47 Å². The third-order valence-corrected chi connectivity index (χ3v) is 3.40. The van der Waals surface area contributed by atoms with Gasteiger partial charge < -0.3 is 15.2 Å². The molecule has 102 valence electrons. The van der Waals surface area contributed by atoms with E-state index in [0.29, 0.717) is 6.54 Å². The van der Waals surface area contributed by atoms with Crippen molar-refractivity contribution in [2.75, 3.05) is 33.3 Å². The lowest BCUT2D eigenvalue weighted by Crippen LogP contribution is -2.55. The number of methoxy groups -OCH3 is 1. The third kappa shape index (κ3) is 4.92. The highest BCUT2D eigenvalue weighted by Crippen LogP contribution is 2.22. The van der Waals surface area contributed by atoms with Crippen LogP contribution in [0.4, 0.5) is 0 Å². The Balaban J connectivity index is 2.48. The van der Waals surface area contributed by atoms with E-state index in [1.165, 1.54) is 0 Å². The first-order valence-corrected chi connectivity index (χ1v) is 6.43. The highest BCUT2D eigenvalue weighted by molar-refractivity contribution is 4.85. The fourth-order valence-corrected chi connectivity index (χ4v) is 2.24. The lowest BCUT2D eigenvalue weighted by molar-refractivity contribution is -0.134. The van der Waals surface area contributed by atoms with Crippen LogP contribution in [0.2, 0.25) is 0 Å². The molecule has 0 saturated carbocycles. The molecule has 0 bridgehead atoms. The molecular weight excluding hydrogens is 216 g/mol. The maximum absolute atomic E-state index is 5.91. The van der Waals surface area contributed by atoms with Crippen LogP contribution in [-0.4, -0.2) is 55.5 Å². The van der Waals surface area contributed by atoms with E-state index in [2.05, 4.69) is 32.6 Å². The molecule has 0 aromatic rings. The average molecular weight is 244 g/mol. The molecule has 0 spiro atoms. The van der Waals surface area contributed by atoms with Gasteiger partial charge in [0.25, 0.3) is 0 Å². The van der Waals surface area contributed by atoms with Gasteiger partial charge in [0.1, 0.15) is 0 Å². The van der Waals surface area contributed by atoms with Crippen LogP contribution in [0, 0.1) is 0 Å². The summed E-state index contributed by atoms with van der Waals surface area (Å²) in [6.07, 6.45) is 1.18. The molecule has 1 aliphatic rings. The Kier molecular flexibility index (Phi) is 4.95. The van der Waals surface area contributed by atoms with E-state index in [0.717, 1.165) is 26.1 Å². The van der Waals surface area contributed by atoms with E-state index in [-0.39, 0.29) is 17.3 Å². The van der Waals surface area contributed by atoms with Crippen molar-refractivity contribution in [3.8, 4) is 0 Å². The monoisotopic (exact) mass is 244 g/mol. The van der Waals surface area contributed by atoms with Crippen molar-refractivity contribution < 1.29 is 9.47 Å². The lowest BCUT2D eigenvalue weighted by atomic mass is 10.0. The summed E-state index contributed by atoms with van der Waals surface area (Å²) in [7, 11) is 1.77. The molecule has 0 aromatic heterocycles. The van der Waals surface area contributed by atoms with Crippen LogP contribution in [0.3, 0.4) is 0 Å². The van der Waals surface area contributed by atoms with Crippen molar-refractivity contribution in [2.24, 2.45) is 5.73 Å². The summed E-state index contributed by atoms with van der Waals surface area (Å²) >= 11 is 0. The first-order valence-electron chi connectivity index (χ1n) is 6.43. The number of nitrogens with two attached hydrogens (primary N) is 1. The summed E-state index contributed by atoms with van der Waals surface area (Å²) in [6, 6.07) is 0. The van der Waals surface area contributed by atoms with Crippen LogP contribution in [0.25, 0.3) is 0 Å². The summed E-state index contributed by atoms with van der Waals surface area (Å²) in [4.78, 5) is 2.43. The number of hydrogen-bond acceptors (Lipinski definition) is 4. The van der Waals surface area contributed by atoms with Crippen molar-refractivity contribution in [2.45, 2.75) is 51.4 Å². The number of nitrogens with zero attached hydrogens (tertiary/aromatic N) is 1. The fraction of sp³-hybridized carbons (Fsp3) is 1.00. The summed E-state index contributed by atoms with van der Waals surface area (Å²) in [5.41, 5.74) is 5.57. The third-order valence-electron chi connectivity index (χ3n) is 3.40. The summed E-state index contributed by atoms with van der Waals surface area (Å²) in [5, 5.41) is 0. The highest BCUT2D eigenvalue weighted by Gasteiger charge is 2.33. The van der Waals surface area contributed by atoms with Gasteiger partial charge in [-0.25, -0.2) is 0 Å². The summed E-state index contributed by atoms with van der Waals surface area (Å²) in [5.74, 6) is 0. The van der Waals surface area contributed by atoms with Crippen molar-refractivity contribution in [1.82, 2.24) is 4.90 Å². The molecule has 0 aliphatic carbocycles. The molecular formula is C13H28N2O2. The fourth-order valence-electron chi connectivity index (χ4n) is 2.24. The largest absolute Gasteiger partial charge is 0.379 e. The van der Waals surface area contributed by atoms with E-state index in [1.54, 1.807) is 7.11 Å². The number of morpholine rings is 1. The van der Waals surface area contributed by atoms with E-state index in [9.17, 15) is 0 Å². The zero-order chi connectivity index (χ0) is 13.1. The molecule has 0 amide bonds. The second-order valence-electron chi connectivity index (χ2n) is 6.18. The van der Waals surface area contributed by atoms with Gasteiger partial charge in [0.15, 0.2) is 0 Å². The molecule has 1 fully saturated rings. The van der Waals surface area contributed by atoms with Crippen LogP contribution in [0.1, 0.15) is 34.1 Å². The van der Waals surface area contributed by atoms with E-state index < -0.39 is 0 Å². The average Bonchev–Trinajstić information content (AvgIpc) is 2.24. The minimum absolute atomic E-state index is 0.0549. The van der Waals surface area contributed by atoms with E-state index in [1.807, 2.05) is 0 Å². The van der Waals surface area contributed by atoms with E-state index in [4.69, 9.17) is 15.2 Å². The second-order valence-corrected chi connectivity index (χ2v) is 6.18. The van der Waals surface area contributed by atoms with Gasteiger partial charge in [0.05, 0.1) is 17.3 Å². The SMILES string of the molecule is COC(C)(C)CCN1CC(CN)OC(C)(C)C1. The van der Waals surface area contributed by atoms with E-state index >= 15 is 0 Å². The number of rotatable bonds is 5. The number of hydrogen-bond donors (Lipinski definition) is 1. The molecule has 2 N–H and O–H groups in total. The quantitative estimate of drug-likeness (QED) is 0.790. The zero-order valence-corrected chi connectivity index (χ0v) is 12.0. The van der Waals surface area contributed by atoms with Gasteiger partial charge in [-0.3, -0.25) is 4.90 Å². The maximum atomic E-state index is 5.91. The standard InChI is InChI=1S/C13H28N2O2/c1-12(2,16-5)6-7-15-9-11(8-14)17-13(3,4)10-15/h11H,6-10,14H2,1-5H3. The first kappa shape index (κ1) is 14.9. The molecule has 1 saturated heterocycles. The first-order chi connectivity index (χ1) is 7.78. The molecule has 1 unspecified atom stereocenters. The summed E-state index contributed by atoms with van der Waals surface area (Å²) < 4.78 is 11.4. The van der Waals surface area contributed by atoms with Crippen LogP contribution in [0.5, 0.6) is 0 Å². The molecule has 0 radical (unpaired) electrons. The highest BCUT2D eigenvalue weighted by atomic mass is 16.5. The normalized spacial score (nSPS) is 26.1. The van der Waals surface area contributed by atoms with Gasteiger partial charge >= 0.3 is 0 Å². The molecule has 4 heteroatoms. The topological polar surface area (TPSA) is 47.7 Å². The smallest absolute Gasteiger partial charge is 0.0831 e. The Hall–Kier alpha value is -0.160. The molecule has 0 aromatic carbocycles. The predicted octanol–water partition coefficient (Wildman–Crippen LogP) is 1.24. The predicted molar refractivity (Wildman–Crippen MR) is 70.2 cm³/mol. The van der Waals surface area contributed by atoms with Gasteiger partial charge in [-0.1, -0.05) is 0 Å². The van der Waals surface area contributed by atoms with Gasteiger partial charge in [-0.15, -0.1) is 0 Å². The Labute approximate surface area is 105 Å². The van der Waals surface area contributed by atoms with Crippen molar-refractivity contribution in [3.63, 3.8) is 0 Å².